The van der Waals surface area contributed by atoms with Crippen molar-refractivity contribution in [1.82, 2.24) is 0 Å². The van der Waals surface area contributed by atoms with Gasteiger partial charge in [-0.1, -0.05) is 46.8 Å². The number of nitrogens with zero attached hydrogens (tertiary/aromatic N) is 1. The zero-order valence-corrected chi connectivity index (χ0v) is 12.4. The molecule has 0 heterocycles. The summed E-state index contributed by atoms with van der Waals surface area (Å²) in [6, 6.07) is 8.26. The lowest BCUT2D eigenvalue weighted by Gasteiger charge is -2.22. The Kier molecular flexibility index (Phi) is 4.55. The van der Waals surface area contributed by atoms with Crippen LogP contribution in [0, 0.1) is 5.92 Å². The van der Waals surface area contributed by atoms with Gasteiger partial charge in [0.15, 0.2) is 0 Å². The van der Waals surface area contributed by atoms with Gasteiger partial charge >= 0.3 is 0 Å². The van der Waals surface area contributed by atoms with Gasteiger partial charge in [0.1, 0.15) is 0 Å². The van der Waals surface area contributed by atoms with Crippen LogP contribution in [0.25, 0.3) is 0 Å². The summed E-state index contributed by atoms with van der Waals surface area (Å²) in [4.78, 5) is 13.7. The van der Waals surface area contributed by atoms with Crippen molar-refractivity contribution in [2.45, 2.75) is 46.5 Å². The molecule has 18 heavy (non-hydrogen) atoms. The molecule has 1 aromatic carbocycles. The molecule has 0 bridgehead atoms. The maximum absolute atomic E-state index is 12.0. The van der Waals surface area contributed by atoms with Crippen LogP contribution in [0.4, 0.5) is 5.69 Å². The maximum Gasteiger partial charge on any atom is 0.226 e. The standard InChI is InChI=1S/C16H25NO/c1-12(2)11-15(18)17(6)14-9-7-13(8-10-14)16(3,4)5/h7-10,12H,11H2,1-6H3. The first kappa shape index (κ1) is 14.7. The molecule has 1 amide bonds. The Balaban J connectivity index is 2.82. The van der Waals surface area contributed by atoms with Crippen LogP contribution in [-0.4, -0.2) is 13.0 Å². The predicted octanol–water partition coefficient (Wildman–Crippen LogP) is 3.99. The van der Waals surface area contributed by atoms with E-state index in [1.165, 1.54) is 5.56 Å². The lowest BCUT2D eigenvalue weighted by atomic mass is 9.87. The highest BCUT2D eigenvalue weighted by Gasteiger charge is 2.15. The minimum Gasteiger partial charge on any atom is -0.315 e. The van der Waals surface area contributed by atoms with Crippen LogP contribution in [-0.2, 0) is 10.2 Å². The lowest BCUT2D eigenvalue weighted by Crippen LogP contribution is -2.27. The number of amides is 1. The van der Waals surface area contributed by atoms with E-state index in [1.807, 2.05) is 19.2 Å². The maximum atomic E-state index is 12.0. The van der Waals surface area contributed by atoms with Gasteiger partial charge in [-0.15, -0.1) is 0 Å². The van der Waals surface area contributed by atoms with E-state index in [9.17, 15) is 4.79 Å². The van der Waals surface area contributed by atoms with Crippen molar-refractivity contribution in [3.63, 3.8) is 0 Å². The average Bonchev–Trinajstić information content (AvgIpc) is 2.26. The van der Waals surface area contributed by atoms with E-state index in [1.54, 1.807) is 4.90 Å². The van der Waals surface area contributed by atoms with Crippen molar-refractivity contribution >= 4 is 11.6 Å². The second kappa shape index (κ2) is 5.55. The Morgan fingerprint density at radius 2 is 1.67 bits per heavy atom. The summed E-state index contributed by atoms with van der Waals surface area (Å²) in [5.74, 6) is 0.572. The smallest absolute Gasteiger partial charge is 0.226 e. The molecular formula is C16H25NO. The van der Waals surface area contributed by atoms with E-state index in [0.29, 0.717) is 12.3 Å². The first-order chi connectivity index (χ1) is 8.21. The molecule has 0 saturated heterocycles. The molecule has 0 aliphatic rings. The van der Waals surface area contributed by atoms with Crippen LogP contribution in [0.1, 0.15) is 46.6 Å². The topological polar surface area (TPSA) is 20.3 Å². The van der Waals surface area contributed by atoms with Crippen molar-refractivity contribution in [3.05, 3.63) is 29.8 Å². The number of rotatable bonds is 3. The molecule has 0 spiro atoms. The van der Waals surface area contributed by atoms with Gasteiger partial charge in [-0.05, 0) is 29.0 Å². The summed E-state index contributed by atoms with van der Waals surface area (Å²) in [7, 11) is 1.84. The summed E-state index contributed by atoms with van der Waals surface area (Å²) in [6.45, 7) is 10.7. The molecule has 0 radical (unpaired) electrons. The van der Waals surface area contributed by atoms with Crippen LogP contribution in [0.3, 0.4) is 0 Å². The second-order valence-corrected chi connectivity index (χ2v) is 6.35. The molecule has 2 heteroatoms. The van der Waals surface area contributed by atoms with E-state index in [2.05, 4.69) is 46.8 Å². The summed E-state index contributed by atoms with van der Waals surface area (Å²) < 4.78 is 0. The molecule has 2 nitrogen and oxygen atoms in total. The Hall–Kier alpha value is -1.31. The molecular weight excluding hydrogens is 222 g/mol. The SMILES string of the molecule is CC(C)CC(=O)N(C)c1ccc(C(C)(C)C)cc1. The lowest BCUT2D eigenvalue weighted by molar-refractivity contribution is -0.119. The normalized spacial score (nSPS) is 11.7. The Morgan fingerprint density at radius 1 is 1.17 bits per heavy atom. The Labute approximate surface area is 111 Å². The third-order valence-electron chi connectivity index (χ3n) is 3.08. The molecule has 0 aliphatic carbocycles. The molecule has 1 aromatic rings. The number of carbonyl (C=O) groups excluding carboxylic acids is 1. The minimum atomic E-state index is 0.152. The number of carbonyl (C=O) groups is 1. The van der Waals surface area contributed by atoms with Crippen LogP contribution in [0.15, 0.2) is 24.3 Å². The fourth-order valence-electron chi connectivity index (χ4n) is 1.82. The monoisotopic (exact) mass is 247 g/mol. The van der Waals surface area contributed by atoms with E-state index >= 15 is 0 Å². The Morgan fingerprint density at radius 3 is 2.06 bits per heavy atom. The Bertz CT molecular complexity index is 398. The average molecular weight is 247 g/mol. The van der Waals surface area contributed by atoms with Gasteiger partial charge in [-0.25, -0.2) is 0 Å². The second-order valence-electron chi connectivity index (χ2n) is 6.35. The quantitative estimate of drug-likeness (QED) is 0.790. The molecule has 0 saturated carbocycles. The molecule has 1 rings (SSSR count). The largest absolute Gasteiger partial charge is 0.315 e. The van der Waals surface area contributed by atoms with Crippen LogP contribution < -0.4 is 4.90 Å². The van der Waals surface area contributed by atoms with Gasteiger partial charge in [0.05, 0.1) is 0 Å². The third-order valence-corrected chi connectivity index (χ3v) is 3.08. The van der Waals surface area contributed by atoms with Gasteiger partial charge in [0.2, 0.25) is 5.91 Å². The molecule has 100 valence electrons. The van der Waals surface area contributed by atoms with E-state index in [-0.39, 0.29) is 11.3 Å². The van der Waals surface area contributed by atoms with Crippen molar-refractivity contribution in [1.29, 1.82) is 0 Å². The molecule has 0 N–H and O–H groups in total. The van der Waals surface area contributed by atoms with Crippen molar-refractivity contribution in [2.75, 3.05) is 11.9 Å². The number of anilines is 1. The first-order valence-electron chi connectivity index (χ1n) is 6.59. The van der Waals surface area contributed by atoms with Gasteiger partial charge in [0.25, 0.3) is 0 Å². The van der Waals surface area contributed by atoms with Gasteiger partial charge in [-0.3, -0.25) is 4.79 Å². The zero-order chi connectivity index (χ0) is 13.9. The fourth-order valence-corrected chi connectivity index (χ4v) is 1.82. The summed E-state index contributed by atoms with van der Waals surface area (Å²) in [5, 5.41) is 0. The van der Waals surface area contributed by atoms with Gasteiger partial charge in [-0.2, -0.15) is 0 Å². The highest BCUT2D eigenvalue weighted by molar-refractivity contribution is 5.92. The molecule has 0 fully saturated rings. The number of benzene rings is 1. The van der Waals surface area contributed by atoms with Crippen LogP contribution in [0.2, 0.25) is 0 Å². The predicted molar refractivity (Wildman–Crippen MR) is 78.0 cm³/mol. The van der Waals surface area contributed by atoms with Crippen molar-refractivity contribution in [3.8, 4) is 0 Å². The van der Waals surface area contributed by atoms with Crippen molar-refractivity contribution < 1.29 is 4.79 Å². The first-order valence-corrected chi connectivity index (χ1v) is 6.59. The summed E-state index contributed by atoms with van der Waals surface area (Å²) >= 11 is 0. The van der Waals surface area contributed by atoms with Crippen LogP contribution in [0.5, 0.6) is 0 Å². The summed E-state index contributed by atoms with van der Waals surface area (Å²) in [6.07, 6.45) is 0.595. The highest BCUT2D eigenvalue weighted by atomic mass is 16.2. The molecule has 0 aromatic heterocycles. The fraction of sp³-hybridized carbons (Fsp3) is 0.562. The van der Waals surface area contributed by atoms with Crippen LogP contribution >= 0.6 is 0 Å². The van der Waals surface area contributed by atoms with E-state index in [0.717, 1.165) is 5.69 Å². The highest BCUT2D eigenvalue weighted by Crippen LogP contribution is 2.24. The van der Waals surface area contributed by atoms with E-state index in [4.69, 9.17) is 0 Å². The number of hydrogen-bond acceptors (Lipinski definition) is 1. The molecule has 0 aliphatic heterocycles. The minimum absolute atomic E-state index is 0.152. The van der Waals surface area contributed by atoms with Crippen molar-refractivity contribution in [2.24, 2.45) is 5.92 Å². The molecule has 0 unspecified atom stereocenters. The zero-order valence-electron chi connectivity index (χ0n) is 12.4. The summed E-state index contributed by atoms with van der Waals surface area (Å²) in [5.41, 5.74) is 2.41. The third kappa shape index (κ3) is 3.86. The van der Waals surface area contributed by atoms with Gasteiger partial charge in [0, 0.05) is 19.2 Å². The molecule has 0 atom stereocenters. The van der Waals surface area contributed by atoms with E-state index < -0.39 is 0 Å². The number of hydrogen-bond donors (Lipinski definition) is 0. The van der Waals surface area contributed by atoms with Gasteiger partial charge < -0.3 is 4.90 Å².